The number of amides is 4. The molecule has 10 heteroatoms. The van der Waals surface area contributed by atoms with Crippen LogP contribution in [0.4, 0.5) is 0 Å². The Morgan fingerprint density at radius 1 is 0.739 bits per heavy atom. The smallest absolute Gasteiger partial charge is 0.237 e. The molecule has 5 N–H and O–H groups in total. The highest BCUT2D eigenvalue weighted by atomic mass is 16.3. The summed E-state index contributed by atoms with van der Waals surface area (Å²) in [7, 11) is 0. The van der Waals surface area contributed by atoms with Crippen LogP contribution in [0.2, 0.25) is 0 Å². The monoisotopic (exact) mass is 647 g/mol. The summed E-state index contributed by atoms with van der Waals surface area (Å²) in [4.78, 5) is 55.0. The van der Waals surface area contributed by atoms with Gasteiger partial charge in [0.25, 0.3) is 0 Å². The molecule has 0 heterocycles. The largest absolute Gasteiger partial charge is 0.390 e. The van der Waals surface area contributed by atoms with Gasteiger partial charge in [-0.05, 0) is 63.7 Å². The van der Waals surface area contributed by atoms with Gasteiger partial charge < -0.3 is 21.1 Å². The number of nitrogens with zero attached hydrogens (tertiary/aromatic N) is 2. The number of carbonyl (C=O) groups excluding carboxylic acids is 4. The third-order valence-corrected chi connectivity index (χ3v) is 10.7. The van der Waals surface area contributed by atoms with E-state index in [2.05, 4.69) is 17.7 Å². The van der Waals surface area contributed by atoms with Crippen molar-refractivity contribution < 1.29 is 24.3 Å². The summed E-state index contributed by atoms with van der Waals surface area (Å²) < 4.78 is 0. The predicted octanol–water partition coefficient (Wildman–Crippen LogP) is 4.68. The van der Waals surface area contributed by atoms with Crippen LogP contribution in [0.1, 0.15) is 136 Å². The van der Waals surface area contributed by atoms with Crippen molar-refractivity contribution in [2.45, 2.75) is 148 Å². The van der Waals surface area contributed by atoms with Crippen molar-refractivity contribution in [2.24, 2.45) is 35.3 Å². The lowest BCUT2D eigenvalue weighted by molar-refractivity contribution is -0.141. The molecule has 10 nitrogen and oxygen atoms in total. The lowest BCUT2D eigenvalue weighted by atomic mass is 9.73. The molecule has 5 atom stereocenters. The third-order valence-electron chi connectivity index (χ3n) is 10.7. The van der Waals surface area contributed by atoms with Crippen LogP contribution in [0.15, 0.2) is 0 Å². The fourth-order valence-electron chi connectivity index (χ4n) is 8.00. The third kappa shape index (κ3) is 12.1. The maximum atomic E-state index is 14.0. The van der Waals surface area contributed by atoms with Crippen LogP contribution in [-0.2, 0) is 19.2 Å². The van der Waals surface area contributed by atoms with Crippen molar-refractivity contribution in [3.05, 3.63) is 0 Å². The highest BCUT2D eigenvalue weighted by Gasteiger charge is 2.41. The van der Waals surface area contributed by atoms with E-state index < -0.39 is 35.8 Å². The van der Waals surface area contributed by atoms with Crippen LogP contribution >= 0.6 is 0 Å². The first kappa shape index (κ1) is 38.2. The molecule has 3 rings (SSSR count). The zero-order valence-electron chi connectivity index (χ0n) is 29.1. The Kier molecular flexibility index (Phi) is 16.8. The number of hydrogen-bond acceptors (Lipinski definition) is 6. The summed E-state index contributed by atoms with van der Waals surface area (Å²) in [5.41, 5.74) is 8.89. The number of carbonyl (C=O) groups is 4. The van der Waals surface area contributed by atoms with Crippen LogP contribution in [0.3, 0.4) is 0 Å². The van der Waals surface area contributed by atoms with Crippen molar-refractivity contribution in [1.29, 1.82) is 0 Å². The van der Waals surface area contributed by atoms with Crippen molar-refractivity contribution in [2.75, 3.05) is 26.2 Å². The maximum Gasteiger partial charge on any atom is 0.237 e. The van der Waals surface area contributed by atoms with Gasteiger partial charge in [-0.3, -0.25) is 24.6 Å². The molecule has 264 valence electrons. The number of nitrogens with one attached hydrogen (secondary N) is 2. The SMILES string of the molecule is CCCCN(CC(O)C(CC1CCCCC1)NC(=O)C1CC(C(N)=O)CC(C(=O)N(CCC)CCC)C1)NC(=O)C1CCCCC1. The lowest BCUT2D eigenvalue weighted by Gasteiger charge is -2.37. The fourth-order valence-corrected chi connectivity index (χ4v) is 8.00. The molecule has 0 bridgehead atoms. The average Bonchev–Trinajstić information content (AvgIpc) is 3.06. The first-order valence-corrected chi connectivity index (χ1v) is 18.8. The standard InChI is InChI=1S/C36H65N5O5/c1-4-7-20-41(39-35(45)27-16-12-9-13-17-27)25-32(42)31(21-26-14-10-8-11-15-26)38-34(44)29-22-28(33(37)43)23-30(24-29)36(46)40(18-5-2)19-6-3/h26-32,42H,4-25H2,1-3H3,(H2,37,43)(H,38,44)(H,39,45). The topological polar surface area (TPSA) is 145 Å². The molecule has 0 aromatic rings. The van der Waals surface area contributed by atoms with Gasteiger partial charge in [-0.25, -0.2) is 5.01 Å². The summed E-state index contributed by atoms with van der Waals surface area (Å²) >= 11 is 0. The maximum absolute atomic E-state index is 14.0. The number of rotatable bonds is 18. The van der Waals surface area contributed by atoms with Gasteiger partial charge in [-0.15, -0.1) is 0 Å². The summed E-state index contributed by atoms with van der Waals surface area (Å²) in [6.07, 6.45) is 15.2. The van der Waals surface area contributed by atoms with E-state index in [-0.39, 0.29) is 30.2 Å². The molecule has 0 radical (unpaired) electrons. The predicted molar refractivity (Wildman–Crippen MR) is 181 cm³/mol. The Bertz CT molecular complexity index is 945. The Hall–Kier alpha value is -2.20. The number of hydrogen-bond donors (Lipinski definition) is 4. The van der Waals surface area contributed by atoms with Gasteiger partial charge in [-0.1, -0.05) is 78.6 Å². The second kappa shape index (κ2) is 20.2. The zero-order chi connectivity index (χ0) is 33.5. The highest BCUT2D eigenvalue weighted by Crippen LogP contribution is 2.36. The van der Waals surface area contributed by atoms with Crippen LogP contribution in [0.25, 0.3) is 0 Å². The summed E-state index contributed by atoms with van der Waals surface area (Å²) in [6.45, 7) is 8.37. The first-order valence-electron chi connectivity index (χ1n) is 18.8. The number of aliphatic hydroxyl groups excluding tert-OH is 1. The minimum atomic E-state index is -0.882. The van der Waals surface area contributed by atoms with Crippen molar-refractivity contribution >= 4 is 23.6 Å². The van der Waals surface area contributed by atoms with Crippen LogP contribution in [-0.4, -0.2) is 77.0 Å². The molecule has 3 aliphatic carbocycles. The quantitative estimate of drug-likeness (QED) is 0.159. The van der Waals surface area contributed by atoms with Gasteiger partial charge in [0, 0.05) is 49.9 Å². The van der Waals surface area contributed by atoms with E-state index in [1.54, 1.807) is 0 Å². The fraction of sp³-hybridized carbons (Fsp3) is 0.889. The Morgan fingerprint density at radius 3 is 1.91 bits per heavy atom. The molecule has 4 amide bonds. The number of unbranched alkanes of at least 4 members (excludes halogenated alkanes) is 1. The molecule has 0 aromatic heterocycles. The number of primary amides is 1. The molecule has 3 saturated carbocycles. The molecule has 0 saturated heterocycles. The number of aliphatic hydroxyl groups is 1. The number of nitrogens with two attached hydrogens (primary N) is 1. The normalized spacial score (nSPS) is 24.2. The Morgan fingerprint density at radius 2 is 1.33 bits per heavy atom. The molecule has 5 unspecified atom stereocenters. The molecule has 3 aliphatic rings. The van der Waals surface area contributed by atoms with E-state index in [0.29, 0.717) is 51.2 Å². The van der Waals surface area contributed by atoms with Crippen molar-refractivity contribution in [3.63, 3.8) is 0 Å². The van der Waals surface area contributed by atoms with Gasteiger partial charge in [-0.2, -0.15) is 0 Å². The summed E-state index contributed by atoms with van der Waals surface area (Å²) in [6, 6.07) is -0.494. The van der Waals surface area contributed by atoms with Crippen LogP contribution in [0.5, 0.6) is 0 Å². The minimum absolute atomic E-state index is 0.00603. The average molecular weight is 648 g/mol. The second-order valence-corrected chi connectivity index (χ2v) is 14.6. The van der Waals surface area contributed by atoms with Gasteiger partial charge >= 0.3 is 0 Å². The molecule has 0 aromatic carbocycles. The zero-order valence-corrected chi connectivity index (χ0v) is 29.1. The van der Waals surface area contributed by atoms with Crippen molar-refractivity contribution in [1.82, 2.24) is 20.7 Å². The lowest BCUT2D eigenvalue weighted by Crippen LogP contribution is -2.55. The summed E-state index contributed by atoms with van der Waals surface area (Å²) in [5, 5.41) is 16.8. The Labute approximate surface area is 278 Å². The van der Waals surface area contributed by atoms with Crippen LogP contribution < -0.4 is 16.5 Å². The van der Waals surface area contributed by atoms with Crippen molar-refractivity contribution in [3.8, 4) is 0 Å². The Balaban J connectivity index is 1.75. The van der Waals surface area contributed by atoms with Crippen LogP contribution in [0, 0.1) is 29.6 Å². The molecule has 0 aliphatic heterocycles. The van der Waals surface area contributed by atoms with E-state index >= 15 is 0 Å². The minimum Gasteiger partial charge on any atom is -0.390 e. The van der Waals surface area contributed by atoms with Gasteiger partial charge in [0.2, 0.25) is 23.6 Å². The molecule has 46 heavy (non-hydrogen) atoms. The van der Waals surface area contributed by atoms with Gasteiger partial charge in [0.05, 0.1) is 12.1 Å². The van der Waals surface area contributed by atoms with E-state index in [0.717, 1.165) is 77.0 Å². The van der Waals surface area contributed by atoms with Gasteiger partial charge in [0.1, 0.15) is 0 Å². The van der Waals surface area contributed by atoms with E-state index in [1.165, 1.54) is 12.8 Å². The summed E-state index contributed by atoms with van der Waals surface area (Å²) in [5.74, 6) is -1.72. The molecule has 3 fully saturated rings. The molecular weight excluding hydrogens is 582 g/mol. The van der Waals surface area contributed by atoms with Gasteiger partial charge in [0.15, 0.2) is 0 Å². The van der Waals surface area contributed by atoms with E-state index in [1.807, 2.05) is 23.8 Å². The number of hydrazine groups is 1. The molecule has 0 spiro atoms. The van der Waals surface area contributed by atoms with E-state index in [9.17, 15) is 24.3 Å². The second-order valence-electron chi connectivity index (χ2n) is 14.6. The first-order chi connectivity index (χ1) is 22.2. The van der Waals surface area contributed by atoms with E-state index in [4.69, 9.17) is 5.73 Å². The molecular formula is C36H65N5O5. The highest BCUT2D eigenvalue weighted by molar-refractivity contribution is 5.85.